The van der Waals surface area contributed by atoms with Crippen molar-refractivity contribution in [1.82, 2.24) is 0 Å². The van der Waals surface area contributed by atoms with Crippen molar-refractivity contribution in [2.45, 2.75) is 11.8 Å². The van der Waals surface area contributed by atoms with Crippen LogP contribution in [0, 0.1) is 10.5 Å². The molecule has 0 radical (unpaired) electrons. The van der Waals surface area contributed by atoms with Crippen LogP contribution in [0.25, 0.3) is 0 Å². The van der Waals surface area contributed by atoms with Gasteiger partial charge < -0.3 is 0 Å². The summed E-state index contributed by atoms with van der Waals surface area (Å²) in [5.74, 6) is 0. The topological polar surface area (TPSA) is 34.1 Å². The molecule has 2 nitrogen and oxygen atoms in total. The molecule has 0 heterocycles. The molecule has 0 fully saturated rings. The van der Waals surface area contributed by atoms with Gasteiger partial charge in [0, 0.05) is 14.3 Å². The van der Waals surface area contributed by atoms with Gasteiger partial charge in [-0.1, -0.05) is 12.1 Å². The SMILES string of the molecule is Cc1cccc(I)c1S(=O)(=O)Cl. The van der Waals surface area contributed by atoms with E-state index in [1.807, 2.05) is 22.6 Å². The van der Waals surface area contributed by atoms with Gasteiger partial charge in [-0.2, -0.15) is 0 Å². The maximum Gasteiger partial charge on any atom is 0.262 e. The summed E-state index contributed by atoms with van der Waals surface area (Å²) in [5, 5.41) is 0. The van der Waals surface area contributed by atoms with Crippen LogP contribution < -0.4 is 0 Å². The van der Waals surface area contributed by atoms with Gasteiger partial charge in [0.25, 0.3) is 9.05 Å². The second-order valence-electron chi connectivity index (χ2n) is 2.32. The van der Waals surface area contributed by atoms with Crippen LogP contribution in [0.5, 0.6) is 0 Å². The quantitative estimate of drug-likeness (QED) is 0.589. The second kappa shape index (κ2) is 3.51. The molecule has 0 unspecified atom stereocenters. The summed E-state index contributed by atoms with van der Waals surface area (Å²) < 4.78 is 22.7. The summed E-state index contributed by atoms with van der Waals surface area (Å²) in [4.78, 5) is 0.215. The van der Waals surface area contributed by atoms with Gasteiger partial charge in [0.1, 0.15) is 0 Å². The highest BCUT2D eigenvalue weighted by molar-refractivity contribution is 14.1. The van der Waals surface area contributed by atoms with Crippen LogP contribution in [-0.4, -0.2) is 8.42 Å². The minimum absolute atomic E-state index is 0.215. The Kier molecular flexibility index (Phi) is 3.01. The molecule has 66 valence electrons. The molecule has 5 heteroatoms. The lowest BCUT2D eigenvalue weighted by molar-refractivity contribution is 0.608. The van der Waals surface area contributed by atoms with Crippen molar-refractivity contribution in [2.75, 3.05) is 0 Å². The van der Waals surface area contributed by atoms with Crippen LogP contribution in [0.1, 0.15) is 5.56 Å². The standard InChI is InChI=1S/C7H6ClIO2S/c1-5-3-2-4-6(9)7(5)12(8,10)11/h2-4H,1H3. The van der Waals surface area contributed by atoms with Gasteiger partial charge in [0.2, 0.25) is 0 Å². The van der Waals surface area contributed by atoms with Crippen LogP contribution in [-0.2, 0) is 9.05 Å². The van der Waals surface area contributed by atoms with Crippen LogP contribution >= 0.6 is 33.3 Å². The Morgan fingerprint density at radius 3 is 2.33 bits per heavy atom. The van der Waals surface area contributed by atoms with Crippen molar-refractivity contribution >= 4 is 42.3 Å². The molecular weight excluding hydrogens is 310 g/mol. The zero-order chi connectivity index (χ0) is 9.35. The summed E-state index contributed by atoms with van der Waals surface area (Å²) in [5.41, 5.74) is 0.678. The zero-order valence-electron chi connectivity index (χ0n) is 6.21. The second-order valence-corrected chi connectivity index (χ2v) is 5.99. The first kappa shape index (κ1) is 10.3. The van der Waals surface area contributed by atoms with E-state index in [9.17, 15) is 8.42 Å². The molecule has 0 N–H and O–H groups in total. The van der Waals surface area contributed by atoms with Gasteiger partial charge in [-0.25, -0.2) is 8.42 Å². The molecule has 12 heavy (non-hydrogen) atoms. The van der Waals surface area contributed by atoms with Crippen molar-refractivity contribution in [2.24, 2.45) is 0 Å². The van der Waals surface area contributed by atoms with E-state index in [1.54, 1.807) is 25.1 Å². The Morgan fingerprint density at radius 2 is 2.00 bits per heavy atom. The third kappa shape index (κ3) is 2.11. The molecule has 0 bridgehead atoms. The largest absolute Gasteiger partial charge is 0.262 e. The fraction of sp³-hybridized carbons (Fsp3) is 0.143. The lowest BCUT2D eigenvalue weighted by Gasteiger charge is -2.02. The molecule has 0 saturated heterocycles. The van der Waals surface area contributed by atoms with Crippen molar-refractivity contribution in [1.29, 1.82) is 0 Å². The van der Waals surface area contributed by atoms with E-state index in [0.717, 1.165) is 0 Å². The average molecular weight is 317 g/mol. The third-order valence-corrected chi connectivity index (χ3v) is 4.17. The predicted molar refractivity (Wildman–Crippen MR) is 56.9 cm³/mol. The van der Waals surface area contributed by atoms with Gasteiger partial charge in [0.15, 0.2) is 0 Å². The highest BCUT2D eigenvalue weighted by Gasteiger charge is 2.16. The lowest BCUT2D eigenvalue weighted by Crippen LogP contribution is -1.97. The van der Waals surface area contributed by atoms with E-state index in [1.165, 1.54) is 0 Å². The van der Waals surface area contributed by atoms with Gasteiger partial charge >= 0.3 is 0 Å². The molecular formula is C7H6ClIO2S. The van der Waals surface area contributed by atoms with Gasteiger partial charge in [-0.3, -0.25) is 0 Å². The predicted octanol–water partition coefficient (Wildman–Crippen LogP) is 2.53. The summed E-state index contributed by atoms with van der Waals surface area (Å²) in [6, 6.07) is 5.23. The number of hydrogen-bond donors (Lipinski definition) is 0. The van der Waals surface area contributed by atoms with Crippen LogP contribution in [0.2, 0.25) is 0 Å². The normalized spacial score (nSPS) is 11.6. The lowest BCUT2D eigenvalue weighted by atomic mass is 10.2. The zero-order valence-corrected chi connectivity index (χ0v) is 9.94. The van der Waals surface area contributed by atoms with Crippen molar-refractivity contribution in [3.05, 3.63) is 27.3 Å². The molecule has 0 amide bonds. The molecule has 0 aromatic heterocycles. The Morgan fingerprint density at radius 1 is 1.42 bits per heavy atom. The molecule has 0 aliphatic heterocycles. The minimum Gasteiger partial charge on any atom is -0.207 e. The van der Waals surface area contributed by atoms with E-state index in [2.05, 4.69) is 0 Å². The number of aryl methyl sites for hydroxylation is 1. The number of halogens is 2. The molecule has 0 aliphatic rings. The Balaban J connectivity index is 3.53. The van der Waals surface area contributed by atoms with Gasteiger partial charge in [0.05, 0.1) is 4.90 Å². The molecule has 1 rings (SSSR count). The molecule has 0 atom stereocenters. The van der Waals surface area contributed by atoms with E-state index >= 15 is 0 Å². The molecule has 0 spiro atoms. The first-order chi connectivity index (χ1) is 5.43. The first-order valence-electron chi connectivity index (χ1n) is 3.12. The van der Waals surface area contributed by atoms with E-state index < -0.39 is 9.05 Å². The molecule has 1 aromatic rings. The monoisotopic (exact) mass is 316 g/mol. The van der Waals surface area contributed by atoms with Crippen molar-refractivity contribution < 1.29 is 8.42 Å². The van der Waals surface area contributed by atoms with E-state index in [4.69, 9.17) is 10.7 Å². The fourth-order valence-electron chi connectivity index (χ4n) is 0.925. The van der Waals surface area contributed by atoms with Gasteiger partial charge in [-0.15, -0.1) is 0 Å². The van der Waals surface area contributed by atoms with Crippen LogP contribution in [0.4, 0.5) is 0 Å². The average Bonchev–Trinajstić information content (AvgIpc) is 1.82. The third-order valence-electron chi connectivity index (χ3n) is 1.41. The van der Waals surface area contributed by atoms with E-state index in [-0.39, 0.29) is 4.90 Å². The summed E-state index contributed by atoms with van der Waals surface area (Å²) in [6.45, 7) is 1.72. The maximum atomic E-state index is 11.0. The first-order valence-corrected chi connectivity index (χ1v) is 6.51. The van der Waals surface area contributed by atoms with Gasteiger partial charge in [-0.05, 0) is 41.1 Å². The molecule has 0 aliphatic carbocycles. The Hall–Kier alpha value is 0.190. The summed E-state index contributed by atoms with van der Waals surface area (Å²) in [7, 11) is 1.64. The maximum absolute atomic E-state index is 11.0. The highest BCUT2D eigenvalue weighted by atomic mass is 127. The van der Waals surface area contributed by atoms with E-state index in [0.29, 0.717) is 9.13 Å². The molecule has 1 aromatic carbocycles. The Bertz CT molecular complexity index is 380. The summed E-state index contributed by atoms with van der Waals surface area (Å²) in [6.07, 6.45) is 0. The minimum atomic E-state index is -3.60. The highest BCUT2D eigenvalue weighted by Crippen LogP contribution is 2.24. The number of rotatable bonds is 1. The summed E-state index contributed by atoms with van der Waals surface area (Å²) >= 11 is 1.95. The Labute approximate surface area is 89.5 Å². The number of hydrogen-bond acceptors (Lipinski definition) is 2. The smallest absolute Gasteiger partial charge is 0.207 e. The molecule has 0 saturated carbocycles. The van der Waals surface area contributed by atoms with Crippen molar-refractivity contribution in [3.8, 4) is 0 Å². The number of benzene rings is 1. The fourth-order valence-corrected chi connectivity index (χ4v) is 4.19. The van der Waals surface area contributed by atoms with Crippen molar-refractivity contribution in [3.63, 3.8) is 0 Å². The van der Waals surface area contributed by atoms with Crippen LogP contribution in [0.15, 0.2) is 23.1 Å². The van der Waals surface area contributed by atoms with Crippen LogP contribution in [0.3, 0.4) is 0 Å².